The summed E-state index contributed by atoms with van der Waals surface area (Å²) in [5.41, 5.74) is 2.77. The fourth-order valence-corrected chi connectivity index (χ4v) is 3.47. The smallest absolute Gasteiger partial charge is 0.258 e. The van der Waals surface area contributed by atoms with Crippen molar-refractivity contribution in [2.75, 3.05) is 0 Å². The van der Waals surface area contributed by atoms with Gasteiger partial charge in [0.25, 0.3) is 5.78 Å². The minimum atomic E-state index is -0.377. The zero-order valence-electron chi connectivity index (χ0n) is 11.3. The lowest BCUT2D eigenvalue weighted by molar-refractivity contribution is -0.380. The normalized spacial score (nSPS) is 11.1. The molecule has 0 atom stereocenters. The van der Waals surface area contributed by atoms with Crippen LogP contribution in [0.15, 0.2) is 22.7 Å². The molecule has 0 unspecified atom stereocenters. The first kappa shape index (κ1) is 14.0. The summed E-state index contributed by atoms with van der Waals surface area (Å²) in [6.45, 7) is 3.87. The summed E-state index contributed by atoms with van der Waals surface area (Å²) in [5, 5.41) is 17.6. The molecule has 0 saturated carbocycles. The molecule has 21 heavy (non-hydrogen) atoms. The minimum absolute atomic E-state index is 0.154. The van der Waals surface area contributed by atoms with E-state index in [1.54, 1.807) is 16.0 Å². The van der Waals surface area contributed by atoms with Gasteiger partial charge in [0.1, 0.15) is 0 Å². The Kier molecular flexibility index (Phi) is 3.60. The standard InChI is InChI=1S/C12H11N5O2S2/c1-7-3-8(2)16-11(13-7)14-12(15-16)21-6-9-4-10(17(18)19)20-5-9/h3-5H,6H2,1-2H3. The predicted molar refractivity (Wildman–Crippen MR) is 80.8 cm³/mol. The molecule has 108 valence electrons. The molecule has 0 bridgehead atoms. The second kappa shape index (κ2) is 5.41. The number of nitro groups is 1. The highest BCUT2D eigenvalue weighted by molar-refractivity contribution is 7.98. The molecule has 0 saturated heterocycles. The lowest BCUT2D eigenvalue weighted by Crippen LogP contribution is -1.97. The van der Waals surface area contributed by atoms with Crippen LogP contribution in [0.25, 0.3) is 5.78 Å². The van der Waals surface area contributed by atoms with Crippen molar-refractivity contribution in [3.05, 3.63) is 44.6 Å². The summed E-state index contributed by atoms with van der Waals surface area (Å²) in [6.07, 6.45) is 0. The molecule has 0 aliphatic heterocycles. The van der Waals surface area contributed by atoms with Crippen LogP contribution in [0.3, 0.4) is 0 Å². The molecule has 0 aliphatic rings. The number of aromatic nitrogens is 4. The maximum Gasteiger partial charge on any atom is 0.324 e. The van der Waals surface area contributed by atoms with Crippen LogP contribution in [0, 0.1) is 24.0 Å². The van der Waals surface area contributed by atoms with Gasteiger partial charge < -0.3 is 0 Å². The molecule has 3 aromatic heterocycles. The molecule has 3 heterocycles. The quantitative estimate of drug-likeness (QED) is 0.417. The summed E-state index contributed by atoms with van der Waals surface area (Å²) >= 11 is 2.57. The number of hydrogen-bond donors (Lipinski definition) is 0. The first-order valence-electron chi connectivity index (χ1n) is 6.08. The summed E-state index contributed by atoms with van der Waals surface area (Å²) in [5.74, 6) is 1.17. The van der Waals surface area contributed by atoms with Gasteiger partial charge in [-0.15, -0.1) is 5.10 Å². The van der Waals surface area contributed by atoms with E-state index in [4.69, 9.17) is 0 Å². The molecular weight excluding hydrogens is 310 g/mol. The van der Waals surface area contributed by atoms with E-state index in [9.17, 15) is 10.1 Å². The Labute approximate surface area is 128 Å². The Morgan fingerprint density at radius 1 is 1.38 bits per heavy atom. The Hall–Kier alpha value is -2.00. The van der Waals surface area contributed by atoms with E-state index in [0.29, 0.717) is 16.7 Å². The van der Waals surface area contributed by atoms with Crippen LogP contribution in [-0.4, -0.2) is 24.5 Å². The van der Waals surface area contributed by atoms with E-state index in [-0.39, 0.29) is 9.92 Å². The van der Waals surface area contributed by atoms with Gasteiger partial charge in [-0.1, -0.05) is 23.1 Å². The average Bonchev–Trinajstić information content (AvgIpc) is 3.02. The molecule has 0 aromatic carbocycles. The monoisotopic (exact) mass is 321 g/mol. The van der Waals surface area contributed by atoms with Crippen molar-refractivity contribution in [1.29, 1.82) is 0 Å². The van der Waals surface area contributed by atoms with E-state index in [2.05, 4.69) is 15.1 Å². The van der Waals surface area contributed by atoms with Crippen LogP contribution < -0.4 is 0 Å². The second-order valence-electron chi connectivity index (χ2n) is 4.48. The molecule has 0 N–H and O–H groups in total. The topological polar surface area (TPSA) is 86.2 Å². The maximum absolute atomic E-state index is 10.6. The molecular formula is C12H11N5O2S2. The number of thiophene rings is 1. The van der Waals surface area contributed by atoms with Gasteiger partial charge in [0, 0.05) is 28.6 Å². The molecule has 7 nitrogen and oxygen atoms in total. The molecule has 0 fully saturated rings. The van der Waals surface area contributed by atoms with E-state index in [1.165, 1.54) is 11.8 Å². The number of hydrogen-bond acceptors (Lipinski definition) is 7. The number of rotatable bonds is 4. The van der Waals surface area contributed by atoms with Gasteiger partial charge >= 0.3 is 5.00 Å². The highest BCUT2D eigenvalue weighted by atomic mass is 32.2. The summed E-state index contributed by atoms with van der Waals surface area (Å²) < 4.78 is 1.70. The Balaban J connectivity index is 1.78. The summed E-state index contributed by atoms with van der Waals surface area (Å²) in [4.78, 5) is 19.0. The molecule has 0 radical (unpaired) electrons. The van der Waals surface area contributed by atoms with Gasteiger partial charge in [-0.3, -0.25) is 10.1 Å². The number of aryl methyl sites for hydroxylation is 2. The second-order valence-corrected chi connectivity index (χ2v) is 6.32. The number of thioether (sulfide) groups is 1. The van der Waals surface area contributed by atoms with Crippen LogP contribution in [0.4, 0.5) is 5.00 Å². The highest BCUT2D eigenvalue weighted by Gasteiger charge is 2.12. The third-order valence-corrected chi connectivity index (χ3v) is 4.62. The van der Waals surface area contributed by atoms with Crippen molar-refractivity contribution < 1.29 is 4.92 Å². The Morgan fingerprint density at radius 3 is 2.90 bits per heavy atom. The van der Waals surface area contributed by atoms with Crippen molar-refractivity contribution in [2.24, 2.45) is 0 Å². The number of fused-ring (bicyclic) bond motifs is 1. The van der Waals surface area contributed by atoms with Gasteiger partial charge in [-0.25, -0.2) is 9.50 Å². The van der Waals surface area contributed by atoms with Crippen molar-refractivity contribution >= 4 is 33.9 Å². The van der Waals surface area contributed by atoms with Crippen molar-refractivity contribution in [3.8, 4) is 0 Å². The zero-order chi connectivity index (χ0) is 15.0. The molecule has 3 rings (SSSR count). The Morgan fingerprint density at radius 2 is 2.19 bits per heavy atom. The molecule has 0 spiro atoms. The van der Waals surface area contributed by atoms with Crippen LogP contribution >= 0.6 is 23.1 Å². The zero-order valence-corrected chi connectivity index (χ0v) is 12.9. The van der Waals surface area contributed by atoms with Crippen LogP contribution in [0.2, 0.25) is 0 Å². The maximum atomic E-state index is 10.6. The number of nitrogens with zero attached hydrogens (tertiary/aromatic N) is 5. The van der Waals surface area contributed by atoms with E-state index >= 15 is 0 Å². The van der Waals surface area contributed by atoms with E-state index in [1.807, 2.05) is 19.9 Å². The van der Waals surface area contributed by atoms with Crippen LogP contribution in [0.1, 0.15) is 17.0 Å². The Bertz CT molecular complexity index is 826. The summed E-state index contributed by atoms with van der Waals surface area (Å²) in [6, 6.07) is 3.53. The largest absolute Gasteiger partial charge is 0.324 e. The lowest BCUT2D eigenvalue weighted by atomic mass is 10.4. The van der Waals surface area contributed by atoms with Gasteiger partial charge in [-0.05, 0) is 25.5 Å². The molecule has 9 heteroatoms. The van der Waals surface area contributed by atoms with Crippen molar-refractivity contribution in [2.45, 2.75) is 24.8 Å². The first-order valence-corrected chi connectivity index (χ1v) is 7.95. The fourth-order valence-electron chi connectivity index (χ4n) is 1.89. The SMILES string of the molecule is Cc1cc(C)n2nc(SCc3csc([N+](=O)[O-])c3)nc2n1. The molecule has 0 aliphatic carbocycles. The van der Waals surface area contributed by atoms with Crippen molar-refractivity contribution in [3.63, 3.8) is 0 Å². The van der Waals surface area contributed by atoms with Crippen LogP contribution in [0.5, 0.6) is 0 Å². The third-order valence-electron chi connectivity index (χ3n) is 2.79. The summed E-state index contributed by atoms with van der Waals surface area (Å²) in [7, 11) is 0. The van der Waals surface area contributed by atoms with Gasteiger partial charge in [0.2, 0.25) is 5.16 Å². The lowest BCUT2D eigenvalue weighted by Gasteiger charge is -1.97. The van der Waals surface area contributed by atoms with E-state index < -0.39 is 0 Å². The molecule has 3 aromatic rings. The highest BCUT2D eigenvalue weighted by Crippen LogP contribution is 2.27. The first-order chi connectivity index (χ1) is 10.0. The third kappa shape index (κ3) is 2.88. The minimum Gasteiger partial charge on any atom is -0.258 e. The average molecular weight is 321 g/mol. The van der Waals surface area contributed by atoms with Crippen LogP contribution in [-0.2, 0) is 5.75 Å². The predicted octanol–water partition coefficient (Wildman–Crippen LogP) is 3.00. The van der Waals surface area contributed by atoms with Gasteiger partial charge in [-0.2, -0.15) is 4.98 Å². The van der Waals surface area contributed by atoms with Crippen molar-refractivity contribution in [1.82, 2.24) is 19.6 Å². The van der Waals surface area contributed by atoms with Gasteiger partial charge in [0.15, 0.2) is 0 Å². The molecule has 0 amide bonds. The van der Waals surface area contributed by atoms with E-state index in [0.717, 1.165) is 28.3 Å². The van der Waals surface area contributed by atoms with Gasteiger partial charge in [0.05, 0.1) is 4.92 Å². The fraction of sp³-hybridized carbons (Fsp3) is 0.250.